The highest BCUT2D eigenvalue weighted by Gasteiger charge is 2.21. The zero-order valence-corrected chi connectivity index (χ0v) is 10.8. The minimum Gasteiger partial charge on any atom is -0.454 e. The summed E-state index contributed by atoms with van der Waals surface area (Å²) in [5.74, 6) is 0.776. The second-order valence-electron chi connectivity index (χ2n) is 4.21. The summed E-state index contributed by atoms with van der Waals surface area (Å²) in [6.45, 7) is 1.07. The fourth-order valence-corrected chi connectivity index (χ4v) is 1.92. The lowest BCUT2D eigenvalue weighted by Gasteiger charge is -2.15. The van der Waals surface area contributed by atoms with Crippen LogP contribution in [-0.4, -0.2) is 25.8 Å². The maximum atomic E-state index is 11.5. The number of hydrogen-bond acceptors (Lipinski definition) is 5. The molecule has 106 valence electrons. The summed E-state index contributed by atoms with van der Waals surface area (Å²) in [6, 6.07) is 4.63. The van der Waals surface area contributed by atoms with Crippen LogP contribution in [-0.2, 0) is 4.79 Å². The molecule has 1 heterocycles. The number of amides is 1. The molecular weight excluding hydrogens is 262 g/mol. The number of nitrogens with two attached hydrogens (primary N) is 1. The van der Waals surface area contributed by atoms with E-state index < -0.39 is 11.9 Å². The number of rotatable bonds is 7. The monoisotopic (exact) mass is 277 g/mol. The number of fused-ring (bicyclic) bond motifs is 1. The molecule has 0 spiro atoms. The summed E-state index contributed by atoms with van der Waals surface area (Å²) in [5, 5.41) is 6.45. The Kier molecular flexibility index (Phi) is 4.65. The Bertz CT molecular complexity index is 542. The number of carbonyl (C=O) groups is 1. The Hall–Kier alpha value is -2.44. The van der Waals surface area contributed by atoms with Crippen molar-refractivity contribution in [3.8, 4) is 11.5 Å². The van der Waals surface area contributed by atoms with E-state index >= 15 is 0 Å². The summed E-state index contributed by atoms with van der Waals surface area (Å²) in [6.07, 6.45) is 0.623. The first-order valence-electron chi connectivity index (χ1n) is 6.15. The van der Waals surface area contributed by atoms with Gasteiger partial charge in [0.2, 0.25) is 12.7 Å². The summed E-state index contributed by atoms with van der Waals surface area (Å²) in [7, 11) is 0. The van der Waals surface area contributed by atoms with Gasteiger partial charge < -0.3 is 20.5 Å². The van der Waals surface area contributed by atoms with Gasteiger partial charge in [-0.2, -0.15) is 0 Å². The van der Waals surface area contributed by atoms with Gasteiger partial charge in [0.1, 0.15) is 6.04 Å². The van der Waals surface area contributed by atoms with Gasteiger partial charge in [-0.3, -0.25) is 4.79 Å². The first-order chi connectivity index (χ1) is 9.72. The summed E-state index contributed by atoms with van der Waals surface area (Å²) >= 11 is 0. The first-order valence-corrected chi connectivity index (χ1v) is 6.15. The fourth-order valence-electron chi connectivity index (χ4n) is 1.92. The zero-order valence-electron chi connectivity index (χ0n) is 10.8. The van der Waals surface area contributed by atoms with Crippen molar-refractivity contribution in [1.29, 1.82) is 0 Å². The van der Waals surface area contributed by atoms with Crippen LogP contribution in [0.2, 0.25) is 0 Å². The van der Waals surface area contributed by atoms with E-state index in [4.69, 9.17) is 20.7 Å². The molecule has 1 aromatic rings. The number of hydrogen-bond donors (Lipinski definition) is 2. The van der Waals surface area contributed by atoms with Crippen LogP contribution in [0.15, 0.2) is 23.3 Å². The molecule has 0 bridgehead atoms. The molecule has 8 nitrogen and oxygen atoms in total. The van der Waals surface area contributed by atoms with Gasteiger partial charge in [-0.05, 0) is 36.2 Å². The van der Waals surface area contributed by atoms with E-state index in [1.54, 1.807) is 18.2 Å². The second-order valence-corrected chi connectivity index (χ2v) is 4.21. The van der Waals surface area contributed by atoms with E-state index in [2.05, 4.69) is 15.3 Å². The Morgan fingerprint density at radius 3 is 3.05 bits per heavy atom. The van der Waals surface area contributed by atoms with E-state index in [1.165, 1.54) is 0 Å². The summed E-state index contributed by atoms with van der Waals surface area (Å²) in [5.41, 5.74) is 14.3. The van der Waals surface area contributed by atoms with Crippen molar-refractivity contribution in [1.82, 2.24) is 5.32 Å². The SMILES string of the molecule is [N-]=[N+]=NCCCNC(C(N)=O)c1ccc2c(c1)OCO2. The average Bonchev–Trinajstić information content (AvgIpc) is 2.89. The molecule has 0 radical (unpaired) electrons. The van der Waals surface area contributed by atoms with Gasteiger partial charge in [-0.15, -0.1) is 0 Å². The quantitative estimate of drug-likeness (QED) is 0.337. The topological polar surface area (TPSA) is 122 Å². The number of nitrogens with one attached hydrogen (secondary N) is 1. The molecule has 0 saturated heterocycles. The zero-order chi connectivity index (χ0) is 14.4. The van der Waals surface area contributed by atoms with Gasteiger partial charge in [0, 0.05) is 11.5 Å². The van der Waals surface area contributed by atoms with E-state index in [9.17, 15) is 4.79 Å². The third-order valence-corrected chi connectivity index (χ3v) is 2.86. The van der Waals surface area contributed by atoms with Gasteiger partial charge >= 0.3 is 0 Å². The van der Waals surface area contributed by atoms with Gasteiger partial charge in [0.15, 0.2) is 11.5 Å². The van der Waals surface area contributed by atoms with Crippen molar-refractivity contribution in [3.05, 3.63) is 34.2 Å². The standard InChI is InChI=1S/C12H15N5O3/c13-12(18)11(15-4-1-5-16-17-14)8-2-3-9-10(6-8)20-7-19-9/h2-3,6,11,15H,1,4-5,7H2,(H2,13,18). The molecule has 1 unspecified atom stereocenters. The molecule has 0 aliphatic carbocycles. The highest BCUT2D eigenvalue weighted by Crippen LogP contribution is 2.34. The highest BCUT2D eigenvalue weighted by molar-refractivity contribution is 5.81. The molecule has 1 amide bonds. The molecule has 1 atom stereocenters. The van der Waals surface area contributed by atoms with Crippen molar-refractivity contribution in [2.75, 3.05) is 19.9 Å². The van der Waals surface area contributed by atoms with Crippen LogP contribution in [0.5, 0.6) is 11.5 Å². The Morgan fingerprint density at radius 2 is 2.30 bits per heavy atom. The molecule has 0 saturated carbocycles. The molecule has 2 rings (SSSR count). The van der Waals surface area contributed by atoms with Crippen LogP contribution in [0.25, 0.3) is 10.4 Å². The van der Waals surface area contributed by atoms with Crippen LogP contribution in [0.1, 0.15) is 18.0 Å². The number of nitrogens with zero attached hydrogens (tertiary/aromatic N) is 3. The minimum absolute atomic E-state index is 0.180. The number of carbonyl (C=O) groups excluding carboxylic acids is 1. The third-order valence-electron chi connectivity index (χ3n) is 2.86. The minimum atomic E-state index is -0.615. The van der Waals surface area contributed by atoms with E-state index in [0.717, 1.165) is 0 Å². The van der Waals surface area contributed by atoms with Gasteiger partial charge in [0.25, 0.3) is 0 Å². The first kappa shape index (κ1) is 14.0. The number of ether oxygens (including phenoxy) is 2. The van der Waals surface area contributed by atoms with Crippen molar-refractivity contribution in [3.63, 3.8) is 0 Å². The normalized spacial score (nSPS) is 13.6. The second kappa shape index (κ2) is 6.65. The number of azide groups is 1. The van der Waals surface area contributed by atoms with Gasteiger partial charge in [0.05, 0.1) is 0 Å². The molecule has 8 heteroatoms. The number of primary amides is 1. The Labute approximate surface area is 115 Å². The molecule has 0 fully saturated rings. The van der Waals surface area contributed by atoms with Gasteiger partial charge in [-0.25, -0.2) is 0 Å². The van der Waals surface area contributed by atoms with E-state index in [-0.39, 0.29) is 6.79 Å². The predicted octanol–water partition coefficient (Wildman–Crippen LogP) is 1.23. The molecule has 1 aliphatic heterocycles. The maximum Gasteiger partial charge on any atom is 0.239 e. The summed E-state index contributed by atoms with van der Waals surface area (Å²) < 4.78 is 10.5. The molecule has 0 aromatic heterocycles. The van der Waals surface area contributed by atoms with Crippen LogP contribution >= 0.6 is 0 Å². The third kappa shape index (κ3) is 3.31. The van der Waals surface area contributed by atoms with Crippen LogP contribution in [0, 0.1) is 0 Å². The maximum absolute atomic E-state index is 11.5. The lowest BCUT2D eigenvalue weighted by Crippen LogP contribution is -2.34. The predicted molar refractivity (Wildman–Crippen MR) is 71.1 cm³/mol. The van der Waals surface area contributed by atoms with Crippen molar-refractivity contribution >= 4 is 5.91 Å². The largest absolute Gasteiger partial charge is 0.454 e. The van der Waals surface area contributed by atoms with Crippen LogP contribution in [0.3, 0.4) is 0 Å². The van der Waals surface area contributed by atoms with Crippen molar-refractivity contribution in [2.24, 2.45) is 10.8 Å². The molecule has 3 N–H and O–H groups in total. The summed E-state index contributed by atoms with van der Waals surface area (Å²) in [4.78, 5) is 14.2. The van der Waals surface area contributed by atoms with E-state index in [1.807, 2.05) is 0 Å². The lowest BCUT2D eigenvalue weighted by atomic mass is 10.1. The van der Waals surface area contributed by atoms with Gasteiger partial charge in [-0.1, -0.05) is 11.2 Å². The smallest absolute Gasteiger partial charge is 0.239 e. The van der Waals surface area contributed by atoms with Crippen molar-refractivity contribution < 1.29 is 14.3 Å². The van der Waals surface area contributed by atoms with Crippen LogP contribution in [0.4, 0.5) is 0 Å². The molecule has 20 heavy (non-hydrogen) atoms. The van der Waals surface area contributed by atoms with Crippen LogP contribution < -0.4 is 20.5 Å². The van der Waals surface area contributed by atoms with Crippen molar-refractivity contribution in [2.45, 2.75) is 12.5 Å². The lowest BCUT2D eigenvalue weighted by molar-refractivity contribution is -0.120. The Morgan fingerprint density at radius 1 is 1.50 bits per heavy atom. The molecular formula is C12H15N5O3. The molecule has 1 aromatic carbocycles. The average molecular weight is 277 g/mol. The highest BCUT2D eigenvalue weighted by atomic mass is 16.7. The number of benzene rings is 1. The van der Waals surface area contributed by atoms with E-state index in [0.29, 0.717) is 36.6 Å². The fraction of sp³-hybridized carbons (Fsp3) is 0.417. The molecule has 1 aliphatic rings. The Balaban J connectivity index is 2.01.